The Morgan fingerprint density at radius 1 is 1.11 bits per heavy atom. The van der Waals surface area contributed by atoms with E-state index in [1.807, 2.05) is 0 Å². The minimum atomic E-state index is -4.83. The van der Waals surface area contributed by atoms with Gasteiger partial charge in [-0.2, -0.15) is 18.3 Å². The topological polar surface area (TPSA) is 72.7 Å². The second kappa shape index (κ2) is 6.15. The number of hydrogen-bond donors (Lipinski definition) is 1. The van der Waals surface area contributed by atoms with Crippen LogP contribution in [0.2, 0.25) is 0 Å². The molecule has 27 heavy (non-hydrogen) atoms. The summed E-state index contributed by atoms with van der Waals surface area (Å²) in [6, 6.07) is 5.65. The average Bonchev–Trinajstić information content (AvgIpc) is 3.07. The Morgan fingerprint density at radius 2 is 1.93 bits per heavy atom. The highest BCUT2D eigenvalue weighted by molar-refractivity contribution is 5.94. The number of alkyl halides is 3. The molecule has 1 aromatic carbocycles. The zero-order chi connectivity index (χ0) is 19.2. The number of hydrogen-bond acceptors (Lipinski definition) is 4. The lowest BCUT2D eigenvalue weighted by Crippen LogP contribution is -2.35. The van der Waals surface area contributed by atoms with Gasteiger partial charge in [-0.15, -0.1) is 0 Å². The third kappa shape index (κ3) is 3.14. The van der Waals surface area contributed by atoms with Gasteiger partial charge in [0, 0.05) is 18.3 Å². The van der Waals surface area contributed by atoms with Gasteiger partial charge in [-0.25, -0.2) is 14.4 Å². The van der Waals surface area contributed by atoms with Crippen molar-refractivity contribution >= 4 is 5.91 Å². The van der Waals surface area contributed by atoms with Crippen LogP contribution in [0.3, 0.4) is 0 Å². The van der Waals surface area contributed by atoms with E-state index in [1.165, 1.54) is 23.0 Å². The maximum atomic E-state index is 13.5. The number of carbonyl (C=O) groups is 1. The number of amides is 1. The molecule has 4 rings (SSSR count). The number of carbonyl (C=O) groups excluding carboxylic acids is 1. The molecule has 6 nitrogen and oxygen atoms in total. The molecule has 1 aliphatic heterocycles. The number of nitrogens with one attached hydrogen (secondary N) is 1. The Balaban J connectivity index is 1.75. The van der Waals surface area contributed by atoms with Crippen LogP contribution < -0.4 is 5.32 Å². The molecule has 1 aliphatic rings. The molecule has 0 atom stereocenters. The normalized spacial score (nSPS) is 14.0. The highest BCUT2D eigenvalue weighted by Gasteiger charge is 2.34. The van der Waals surface area contributed by atoms with Gasteiger partial charge in [0.25, 0.3) is 5.91 Å². The van der Waals surface area contributed by atoms with E-state index in [4.69, 9.17) is 0 Å². The van der Waals surface area contributed by atoms with E-state index in [0.29, 0.717) is 36.2 Å². The lowest BCUT2D eigenvalue weighted by Gasteiger charge is -2.13. The first-order valence-corrected chi connectivity index (χ1v) is 7.89. The van der Waals surface area contributed by atoms with Crippen molar-refractivity contribution in [1.82, 2.24) is 25.1 Å². The fourth-order valence-corrected chi connectivity index (χ4v) is 2.78. The molecule has 138 valence electrons. The van der Waals surface area contributed by atoms with E-state index in [9.17, 15) is 22.4 Å². The molecule has 3 heterocycles. The van der Waals surface area contributed by atoms with Crippen LogP contribution in [0.4, 0.5) is 17.6 Å². The number of rotatable bonds is 2. The van der Waals surface area contributed by atoms with E-state index in [-0.39, 0.29) is 17.3 Å². The molecular weight excluding hydrogens is 366 g/mol. The van der Waals surface area contributed by atoms with Crippen LogP contribution in [0, 0.1) is 5.82 Å². The van der Waals surface area contributed by atoms with Crippen molar-refractivity contribution in [3.05, 3.63) is 53.6 Å². The van der Waals surface area contributed by atoms with Crippen molar-refractivity contribution in [2.45, 2.75) is 12.7 Å². The van der Waals surface area contributed by atoms with Gasteiger partial charge in [0.2, 0.25) is 0 Å². The molecule has 0 saturated heterocycles. The van der Waals surface area contributed by atoms with Crippen LogP contribution in [0.15, 0.2) is 36.5 Å². The van der Waals surface area contributed by atoms with E-state index in [1.54, 1.807) is 6.07 Å². The molecule has 0 spiro atoms. The van der Waals surface area contributed by atoms with Crippen molar-refractivity contribution < 1.29 is 22.4 Å². The van der Waals surface area contributed by atoms with Crippen molar-refractivity contribution in [3.8, 4) is 22.8 Å². The Bertz CT molecular complexity index is 1040. The van der Waals surface area contributed by atoms with E-state index in [0.717, 1.165) is 6.07 Å². The summed E-state index contributed by atoms with van der Waals surface area (Å²) in [6.45, 7) is 0.962. The quantitative estimate of drug-likeness (QED) is 0.697. The number of nitrogens with zero attached hydrogens (tertiary/aromatic N) is 4. The predicted octanol–water partition coefficient (Wildman–Crippen LogP) is 2.91. The monoisotopic (exact) mass is 377 g/mol. The highest BCUT2D eigenvalue weighted by atomic mass is 19.4. The summed E-state index contributed by atoms with van der Waals surface area (Å²) in [4.78, 5) is 20.0. The van der Waals surface area contributed by atoms with Gasteiger partial charge in [-0.3, -0.25) is 9.48 Å². The molecule has 0 saturated carbocycles. The van der Waals surface area contributed by atoms with Crippen LogP contribution in [-0.4, -0.2) is 32.2 Å². The first kappa shape index (κ1) is 17.1. The minimum absolute atomic E-state index is 0.00609. The summed E-state index contributed by atoms with van der Waals surface area (Å²) in [5.74, 6) is -1.63. The Morgan fingerprint density at radius 3 is 2.67 bits per heavy atom. The minimum Gasteiger partial charge on any atom is -0.349 e. The fourth-order valence-electron chi connectivity index (χ4n) is 2.78. The van der Waals surface area contributed by atoms with Crippen molar-refractivity contribution in [2.75, 3.05) is 6.54 Å². The number of fused-ring (bicyclic) bond motifs is 1. The number of benzene rings is 1. The second-order valence-corrected chi connectivity index (χ2v) is 5.85. The first-order valence-electron chi connectivity index (χ1n) is 7.89. The van der Waals surface area contributed by atoms with Gasteiger partial charge in [-0.05, 0) is 30.3 Å². The Kier molecular flexibility index (Phi) is 3.90. The predicted molar refractivity (Wildman–Crippen MR) is 86.0 cm³/mol. The Labute approximate surface area is 149 Å². The largest absolute Gasteiger partial charge is 0.419 e. The van der Waals surface area contributed by atoms with Crippen LogP contribution in [0.1, 0.15) is 16.1 Å². The molecule has 1 amide bonds. The molecular formula is C17H11F4N5O. The first-order chi connectivity index (χ1) is 12.8. The number of aromatic nitrogens is 4. The molecule has 3 aromatic rings. The van der Waals surface area contributed by atoms with Crippen LogP contribution in [0.5, 0.6) is 0 Å². The van der Waals surface area contributed by atoms with E-state index >= 15 is 0 Å². The maximum Gasteiger partial charge on any atom is 0.419 e. The van der Waals surface area contributed by atoms with Crippen molar-refractivity contribution in [2.24, 2.45) is 0 Å². The molecule has 0 fully saturated rings. The van der Waals surface area contributed by atoms with Crippen LogP contribution in [0.25, 0.3) is 22.8 Å². The van der Waals surface area contributed by atoms with Crippen molar-refractivity contribution in [1.29, 1.82) is 0 Å². The molecule has 2 aromatic heterocycles. The average molecular weight is 377 g/mol. The molecule has 0 radical (unpaired) electrons. The van der Waals surface area contributed by atoms with Gasteiger partial charge in [0.05, 0.1) is 17.8 Å². The lowest BCUT2D eigenvalue weighted by atomic mass is 10.1. The maximum absolute atomic E-state index is 13.5. The summed E-state index contributed by atoms with van der Waals surface area (Å²) >= 11 is 0. The summed E-state index contributed by atoms with van der Waals surface area (Å²) in [6.07, 6.45) is -3.46. The SMILES string of the molecule is O=C1NCCn2nc(-c3ccnc(-c4ccc(F)c(C(F)(F)F)c4)n3)cc21. The molecule has 10 heteroatoms. The number of halogens is 4. The smallest absolute Gasteiger partial charge is 0.349 e. The van der Waals surface area contributed by atoms with E-state index in [2.05, 4.69) is 20.4 Å². The second-order valence-electron chi connectivity index (χ2n) is 5.85. The summed E-state index contributed by atoms with van der Waals surface area (Å²) in [7, 11) is 0. The summed E-state index contributed by atoms with van der Waals surface area (Å²) in [5, 5.41) is 6.99. The Hall–Kier alpha value is -3.30. The molecule has 1 N–H and O–H groups in total. The summed E-state index contributed by atoms with van der Waals surface area (Å²) < 4.78 is 53.8. The highest BCUT2D eigenvalue weighted by Crippen LogP contribution is 2.33. The van der Waals surface area contributed by atoms with Crippen molar-refractivity contribution in [3.63, 3.8) is 0 Å². The lowest BCUT2D eigenvalue weighted by molar-refractivity contribution is -0.139. The van der Waals surface area contributed by atoms with E-state index < -0.39 is 17.6 Å². The fraction of sp³-hybridized carbons (Fsp3) is 0.176. The summed E-state index contributed by atoms with van der Waals surface area (Å²) in [5.41, 5.74) is -0.260. The van der Waals surface area contributed by atoms with Gasteiger partial charge >= 0.3 is 6.18 Å². The molecule has 0 bridgehead atoms. The van der Waals surface area contributed by atoms with Gasteiger partial charge in [-0.1, -0.05) is 0 Å². The zero-order valence-corrected chi connectivity index (χ0v) is 13.6. The van der Waals surface area contributed by atoms with Crippen LogP contribution in [-0.2, 0) is 12.7 Å². The third-order valence-electron chi connectivity index (χ3n) is 4.07. The van der Waals surface area contributed by atoms with Gasteiger partial charge in [0.15, 0.2) is 5.82 Å². The van der Waals surface area contributed by atoms with Gasteiger partial charge < -0.3 is 5.32 Å². The van der Waals surface area contributed by atoms with Crippen LogP contribution >= 0.6 is 0 Å². The van der Waals surface area contributed by atoms with Gasteiger partial charge in [0.1, 0.15) is 17.2 Å². The standard InChI is InChI=1S/C17H11F4N5O/c18-11-2-1-9(7-10(11)17(19,20)21)15-22-4-3-12(24-15)13-8-14-16(27)23-5-6-26(14)25-13/h1-4,7-8H,5-6H2,(H,23,27). The molecule has 0 unspecified atom stereocenters. The third-order valence-corrected chi connectivity index (χ3v) is 4.07. The zero-order valence-electron chi connectivity index (χ0n) is 13.6. The molecule has 0 aliphatic carbocycles.